The van der Waals surface area contributed by atoms with E-state index in [1.807, 2.05) is 30.3 Å². The Morgan fingerprint density at radius 3 is 2.70 bits per heavy atom. The van der Waals surface area contributed by atoms with Gasteiger partial charge in [0.15, 0.2) is 11.6 Å². The summed E-state index contributed by atoms with van der Waals surface area (Å²) in [7, 11) is 1.59. The highest BCUT2D eigenvalue weighted by Gasteiger charge is 2.21. The van der Waals surface area contributed by atoms with Crippen molar-refractivity contribution in [2.24, 2.45) is 5.73 Å². The van der Waals surface area contributed by atoms with Crippen molar-refractivity contribution in [1.82, 2.24) is 10.2 Å². The highest BCUT2D eigenvalue weighted by molar-refractivity contribution is 6.32. The third-order valence-electron chi connectivity index (χ3n) is 5.40. The molecule has 1 aromatic heterocycles. The number of ether oxygens (including phenoxy) is 1. The van der Waals surface area contributed by atoms with Crippen LogP contribution in [0.4, 0.5) is 11.6 Å². The number of benzene rings is 2. The first kappa shape index (κ1) is 20.2. The van der Waals surface area contributed by atoms with Crippen molar-refractivity contribution in [2.75, 3.05) is 30.4 Å². The summed E-state index contributed by atoms with van der Waals surface area (Å²) < 4.78 is 5.21. The Hall–Kier alpha value is -3.08. The zero-order valence-corrected chi connectivity index (χ0v) is 17.5. The van der Waals surface area contributed by atoms with Gasteiger partial charge in [-0.3, -0.25) is 0 Å². The average Bonchev–Trinajstić information content (AvgIpc) is 2.77. The van der Waals surface area contributed by atoms with Crippen molar-refractivity contribution in [1.29, 1.82) is 5.26 Å². The summed E-state index contributed by atoms with van der Waals surface area (Å²) in [5, 5.41) is 24.1. The molecule has 1 aliphatic heterocycles. The summed E-state index contributed by atoms with van der Waals surface area (Å²) in [6.07, 6.45) is 1.83. The third kappa shape index (κ3) is 4.11. The summed E-state index contributed by atoms with van der Waals surface area (Å²) in [6, 6.07) is 13.7. The zero-order chi connectivity index (χ0) is 21.1. The summed E-state index contributed by atoms with van der Waals surface area (Å²) in [5.41, 5.74) is 7.64. The number of anilines is 2. The van der Waals surface area contributed by atoms with Gasteiger partial charge in [0.2, 0.25) is 0 Å². The predicted octanol–water partition coefficient (Wildman–Crippen LogP) is 3.70. The topological polar surface area (TPSA) is 100 Å². The van der Waals surface area contributed by atoms with E-state index in [1.165, 1.54) is 0 Å². The summed E-state index contributed by atoms with van der Waals surface area (Å²) >= 11 is 6.23. The maximum Gasteiger partial charge on any atom is 0.159 e. The van der Waals surface area contributed by atoms with Crippen LogP contribution in [0.3, 0.4) is 0 Å². The molecule has 3 N–H and O–H groups in total. The van der Waals surface area contributed by atoms with E-state index in [1.54, 1.807) is 13.2 Å². The lowest BCUT2D eigenvalue weighted by atomic mass is 10.0. The average molecular weight is 423 g/mol. The summed E-state index contributed by atoms with van der Waals surface area (Å²) in [5.74, 6) is 2.10. The Labute approximate surface area is 180 Å². The molecule has 8 heteroatoms. The van der Waals surface area contributed by atoms with Crippen LogP contribution in [-0.2, 0) is 6.54 Å². The molecule has 0 saturated carbocycles. The Bertz CT molecular complexity index is 1100. The van der Waals surface area contributed by atoms with E-state index in [9.17, 15) is 5.26 Å². The lowest BCUT2D eigenvalue weighted by molar-refractivity contribution is 0.415. The number of piperidine rings is 1. The second-order valence-electron chi connectivity index (χ2n) is 7.39. The van der Waals surface area contributed by atoms with Crippen LogP contribution in [0.15, 0.2) is 36.4 Å². The van der Waals surface area contributed by atoms with Gasteiger partial charge in [-0.2, -0.15) is 5.26 Å². The van der Waals surface area contributed by atoms with Crippen molar-refractivity contribution in [2.45, 2.75) is 25.4 Å². The van der Waals surface area contributed by atoms with Crippen LogP contribution in [0.2, 0.25) is 5.02 Å². The lowest BCUT2D eigenvalue weighted by Crippen LogP contribution is -2.40. The molecule has 0 amide bonds. The largest absolute Gasteiger partial charge is 0.495 e. The molecule has 30 heavy (non-hydrogen) atoms. The molecule has 1 aliphatic rings. The van der Waals surface area contributed by atoms with Gasteiger partial charge in [0.25, 0.3) is 0 Å². The minimum absolute atomic E-state index is 0.229. The highest BCUT2D eigenvalue weighted by Crippen LogP contribution is 2.31. The fourth-order valence-electron chi connectivity index (χ4n) is 3.69. The standard InChI is InChI=1S/C22H23ClN6O/c1-30-20-5-3-15(11-19(20)23)13-26-21-17-4-2-14(12-24)10-18(17)22(28-27-21)29-8-6-16(25)7-9-29/h2-5,10-11,16H,6-9,13,25H2,1H3,(H,26,27). The number of nitrogens with zero attached hydrogens (tertiary/aromatic N) is 4. The lowest BCUT2D eigenvalue weighted by Gasteiger charge is -2.31. The fourth-order valence-corrected chi connectivity index (χ4v) is 3.97. The van der Waals surface area contributed by atoms with Crippen molar-refractivity contribution < 1.29 is 4.74 Å². The quantitative estimate of drug-likeness (QED) is 0.646. The van der Waals surface area contributed by atoms with Crippen molar-refractivity contribution in [3.05, 3.63) is 52.5 Å². The van der Waals surface area contributed by atoms with E-state index in [4.69, 9.17) is 22.1 Å². The number of aromatic nitrogens is 2. The number of rotatable bonds is 5. The van der Waals surface area contributed by atoms with Crippen molar-refractivity contribution >= 4 is 34.0 Å². The van der Waals surface area contributed by atoms with Crippen LogP contribution < -0.4 is 20.7 Å². The number of nitrogens with one attached hydrogen (secondary N) is 1. The SMILES string of the molecule is COc1ccc(CNc2nnc(N3CCC(N)CC3)c3cc(C#N)ccc23)cc1Cl. The van der Waals surface area contributed by atoms with E-state index in [0.717, 1.165) is 48.1 Å². The molecule has 4 rings (SSSR count). The second kappa shape index (κ2) is 8.74. The minimum Gasteiger partial charge on any atom is -0.495 e. The van der Waals surface area contributed by atoms with Crippen LogP contribution >= 0.6 is 11.6 Å². The molecule has 2 heterocycles. The van der Waals surface area contributed by atoms with Gasteiger partial charge in [0, 0.05) is 36.4 Å². The van der Waals surface area contributed by atoms with E-state index in [0.29, 0.717) is 28.7 Å². The highest BCUT2D eigenvalue weighted by atomic mass is 35.5. The van der Waals surface area contributed by atoms with Crippen LogP contribution in [0, 0.1) is 11.3 Å². The van der Waals surface area contributed by atoms with E-state index < -0.39 is 0 Å². The Morgan fingerprint density at radius 2 is 2.00 bits per heavy atom. The molecule has 2 aromatic carbocycles. The zero-order valence-electron chi connectivity index (χ0n) is 16.7. The normalized spacial score (nSPS) is 14.5. The van der Waals surface area contributed by atoms with E-state index in [-0.39, 0.29) is 6.04 Å². The summed E-state index contributed by atoms with van der Waals surface area (Å²) in [6.45, 7) is 2.20. The van der Waals surface area contributed by atoms with Crippen LogP contribution in [0.5, 0.6) is 5.75 Å². The molecule has 7 nitrogen and oxygen atoms in total. The molecule has 1 fully saturated rings. The maximum absolute atomic E-state index is 9.37. The van der Waals surface area contributed by atoms with Crippen LogP contribution in [0.25, 0.3) is 10.8 Å². The Balaban J connectivity index is 1.65. The molecule has 3 aromatic rings. The molecule has 154 valence electrons. The first-order valence-electron chi connectivity index (χ1n) is 9.86. The molecule has 0 atom stereocenters. The number of nitrogens with two attached hydrogens (primary N) is 1. The van der Waals surface area contributed by atoms with Crippen molar-refractivity contribution in [3.8, 4) is 11.8 Å². The van der Waals surface area contributed by atoms with Gasteiger partial charge >= 0.3 is 0 Å². The Kier molecular flexibility index (Phi) is 5.88. The number of methoxy groups -OCH3 is 1. The number of hydrogen-bond donors (Lipinski definition) is 2. The molecular formula is C22H23ClN6O. The van der Waals surface area contributed by atoms with Gasteiger partial charge < -0.3 is 20.7 Å². The van der Waals surface area contributed by atoms with E-state index in [2.05, 4.69) is 26.5 Å². The molecule has 1 saturated heterocycles. The summed E-state index contributed by atoms with van der Waals surface area (Å²) in [4.78, 5) is 2.20. The van der Waals surface area contributed by atoms with Crippen molar-refractivity contribution in [3.63, 3.8) is 0 Å². The number of hydrogen-bond acceptors (Lipinski definition) is 7. The molecule has 0 aliphatic carbocycles. The van der Waals surface area contributed by atoms with Gasteiger partial charge in [-0.05, 0) is 48.7 Å². The Morgan fingerprint density at radius 1 is 1.20 bits per heavy atom. The molecule has 0 radical (unpaired) electrons. The maximum atomic E-state index is 9.37. The molecule has 0 spiro atoms. The first-order chi connectivity index (χ1) is 14.6. The van der Waals surface area contributed by atoms with Gasteiger partial charge in [0.1, 0.15) is 5.75 Å². The smallest absolute Gasteiger partial charge is 0.159 e. The molecule has 0 bridgehead atoms. The molecular weight excluding hydrogens is 400 g/mol. The second-order valence-corrected chi connectivity index (χ2v) is 7.80. The van der Waals surface area contributed by atoms with Crippen LogP contribution in [-0.4, -0.2) is 36.4 Å². The predicted molar refractivity (Wildman–Crippen MR) is 119 cm³/mol. The molecule has 0 unspecified atom stereocenters. The van der Waals surface area contributed by atoms with E-state index >= 15 is 0 Å². The van der Waals surface area contributed by atoms with Crippen LogP contribution in [0.1, 0.15) is 24.0 Å². The number of nitriles is 1. The number of halogens is 1. The van der Waals surface area contributed by atoms with Gasteiger partial charge in [-0.1, -0.05) is 17.7 Å². The minimum atomic E-state index is 0.229. The fraction of sp³-hybridized carbons (Fsp3) is 0.318. The number of fused-ring (bicyclic) bond motifs is 1. The first-order valence-corrected chi connectivity index (χ1v) is 10.2. The van der Waals surface area contributed by atoms with Gasteiger partial charge in [-0.25, -0.2) is 0 Å². The van der Waals surface area contributed by atoms with Gasteiger partial charge in [-0.15, -0.1) is 10.2 Å². The van der Waals surface area contributed by atoms with Gasteiger partial charge in [0.05, 0.1) is 23.8 Å². The third-order valence-corrected chi connectivity index (χ3v) is 5.70. The monoisotopic (exact) mass is 422 g/mol.